The molecule has 2 aromatic rings. The molecule has 0 spiro atoms. The summed E-state index contributed by atoms with van der Waals surface area (Å²) in [6, 6.07) is 17.7. The van der Waals surface area contributed by atoms with Crippen LogP contribution in [-0.4, -0.2) is 20.6 Å². The Morgan fingerprint density at radius 3 is 0.969 bits per heavy atom. The zero-order valence-corrected chi connectivity index (χ0v) is 26.7. The zero-order valence-electron chi connectivity index (χ0n) is 23.0. The van der Waals surface area contributed by atoms with E-state index in [2.05, 4.69) is 132 Å². The van der Waals surface area contributed by atoms with E-state index in [0.717, 1.165) is 11.4 Å². The van der Waals surface area contributed by atoms with Gasteiger partial charge in [0.05, 0.1) is 0 Å². The number of benzene rings is 2. The molecule has 0 unspecified atom stereocenters. The van der Waals surface area contributed by atoms with E-state index in [4.69, 9.17) is 5.32 Å². The smallest absolute Gasteiger partial charge is 0.657 e. The molecule has 0 aliphatic carbocycles. The van der Waals surface area contributed by atoms with E-state index in [1.807, 2.05) is 0 Å². The molecule has 2 aromatic carbocycles. The van der Waals surface area contributed by atoms with E-state index in [9.17, 15) is 0 Å². The minimum absolute atomic E-state index is 0. The Morgan fingerprint density at radius 2 is 0.719 bits per heavy atom. The van der Waals surface area contributed by atoms with Crippen molar-refractivity contribution in [3.05, 3.63) is 53.8 Å². The molecular weight excluding hydrogens is 435 g/mol. The second-order valence-corrected chi connectivity index (χ2v) is 20.1. The molecule has 0 heterocycles. The molecule has 0 radical (unpaired) electrons. The summed E-state index contributed by atoms with van der Waals surface area (Å²) in [5.41, 5.74) is 2.28. The van der Waals surface area contributed by atoms with Crippen molar-refractivity contribution in [2.24, 2.45) is 0 Å². The standard InChI is InChI=1S/C28H44NP2.Na/c1-25(2,3)30(26(4,5)6)23-19-15-13-17-21(23)29-22-18-14-16-20-24(22)31(27(7,8)9)28(10,11)12;/h13-20H,1-12H3;/q-1;+1. The molecule has 32 heavy (non-hydrogen) atoms. The maximum Gasteiger partial charge on any atom is 1.00 e. The average Bonchev–Trinajstić information content (AvgIpc) is 2.53. The van der Waals surface area contributed by atoms with Crippen molar-refractivity contribution in [3.63, 3.8) is 0 Å². The van der Waals surface area contributed by atoms with Crippen LogP contribution in [0.1, 0.15) is 83.1 Å². The fourth-order valence-corrected chi connectivity index (χ4v) is 13.2. The van der Waals surface area contributed by atoms with Crippen LogP contribution in [0.25, 0.3) is 5.32 Å². The van der Waals surface area contributed by atoms with Gasteiger partial charge in [-0.15, -0.1) is 11.4 Å². The summed E-state index contributed by atoms with van der Waals surface area (Å²) in [7, 11) is -0.827. The van der Waals surface area contributed by atoms with Crippen molar-refractivity contribution in [2.45, 2.75) is 104 Å². The van der Waals surface area contributed by atoms with Gasteiger partial charge < -0.3 is 5.32 Å². The third-order valence-electron chi connectivity index (χ3n) is 5.17. The minimum atomic E-state index is -0.413. The van der Waals surface area contributed by atoms with Crippen LogP contribution < -0.4 is 40.2 Å². The first kappa shape index (κ1) is 30.1. The predicted octanol–water partition coefficient (Wildman–Crippen LogP) is 6.44. The van der Waals surface area contributed by atoms with Crippen LogP contribution in [0.15, 0.2) is 48.5 Å². The molecule has 0 N–H and O–H groups in total. The van der Waals surface area contributed by atoms with Crippen molar-refractivity contribution < 1.29 is 29.6 Å². The van der Waals surface area contributed by atoms with E-state index in [0.29, 0.717) is 0 Å². The molecule has 0 saturated carbocycles. The Bertz CT molecular complexity index is 778. The van der Waals surface area contributed by atoms with Gasteiger partial charge in [0.2, 0.25) is 0 Å². The number of para-hydroxylation sites is 2. The van der Waals surface area contributed by atoms with Crippen LogP contribution in [0, 0.1) is 0 Å². The number of hydrogen-bond donors (Lipinski definition) is 0. The summed E-state index contributed by atoms with van der Waals surface area (Å²) < 4.78 is 0. The van der Waals surface area contributed by atoms with Crippen LogP contribution in [-0.2, 0) is 0 Å². The van der Waals surface area contributed by atoms with E-state index in [-0.39, 0.29) is 50.2 Å². The summed E-state index contributed by atoms with van der Waals surface area (Å²) >= 11 is 0. The Morgan fingerprint density at radius 1 is 0.469 bits per heavy atom. The topological polar surface area (TPSA) is 14.1 Å². The number of rotatable bonds is 4. The Balaban J connectivity index is 0.00000512. The van der Waals surface area contributed by atoms with Gasteiger partial charge in [0.15, 0.2) is 0 Å². The molecule has 0 fully saturated rings. The van der Waals surface area contributed by atoms with Gasteiger partial charge in [-0.05, 0) is 31.2 Å². The summed E-state index contributed by atoms with van der Waals surface area (Å²) in [4.78, 5) is 0. The Labute approximate surface area is 223 Å². The SMILES string of the molecule is CC(C)(C)P(c1ccccc1[N-]c1ccccc1P(C(C)(C)C)C(C)(C)C)C(C)(C)C.[Na+]. The third-order valence-corrected chi connectivity index (χ3v) is 12.3. The van der Waals surface area contributed by atoms with Crippen LogP contribution in [0.2, 0.25) is 0 Å². The van der Waals surface area contributed by atoms with Crippen molar-refractivity contribution in [2.75, 3.05) is 0 Å². The predicted molar refractivity (Wildman–Crippen MR) is 148 cm³/mol. The first-order valence-corrected chi connectivity index (χ1v) is 14.1. The monoisotopic (exact) mass is 479 g/mol. The molecule has 0 amide bonds. The van der Waals surface area contributed by atoms with Gasteiger partial charge >= 0.3 is 29.6 Å². The van der Waals surface area contributed by atoms with Gasteiger partial charge in [-0.2, -0.15) is 0 Å². The Hall–Kier alpha value is 0.1000. The van der Waals surface area contributed by atoms with Crippen LogP contribution in [0.5, 0.6) is 0 Å². The molecule has 0 aromatic heterocycles. The molecule has 2 rings (SSSR count). The number of hydrogen-bond acceptors (Lipinski definition) is 0. The molecule has 0 atom stereocenters. The zero-order chi connectivity index (χ0) is 23.8. The molecule has 0 saturated heterocycles. The molecule has 0 aliphatic rings. The first-order valence-electron chi connectivity index (χ1n) is 11.4. The summed E-state index contributed by atoms with van der Waals surface area (Å²) in [6.07, 6.45) is 0. The second-order valence-electron chi connectivity index (χ2n) is 12.4. The molecular formula is C28H44NNaP2. The van der Waals surface area contributed by atoms with Gasteiger partial charge in [-0.1, -0.05) is 147 Å². The van der Waals surface area contributed by atoms with Crippen LogP contribution in [0.3, 0.4) is 0 Å². The molecule has 0 aliphatic heterocycles. The van der Waals surface area contributed by atoms with Gasteiger partial charge in [0.1, 0.15) is 0 Å². The maximum atomic E-state index is 5.37. The van der Waals surface area contributed by atoms with Gasteiger partial charge in [-0.3, -0.25) is 0 Å². The van der Waals surface area contributed by atoms with E-state index in [1.54, 1.807) is 0 Å². The van der Waals surface area contributed by atoms with E-state index >= 15 is 0 Å². The first-order chi connectivity index (χ1) is 13.9. The normalized spacial score (nSPS) is 13.3. The molecule has 4 heteroatoms. The second kappa shape index (κ2) is 10.8. The molecule has 0 bridgehead atoms. The summed E-state index contributed by atoms with van der Waals surface area (Å²) in [5, 5.41) is 9.05. The molecule has 1 nitrogen and oxygen atoms in total. The van der Waals surface area contributed by atoms with Gasteiger partial charge in [-0.25, -0.2) is 0 Å². The minimum Gasteiger partial charge on any atom is -0.657 e. The van der Waals surface area contributed by atoms with Crippen LogP contribution >= 0.6 is 15.8 Å². The van der Waals surface area contributed by atoms with Crippen molar-refractivity contribution in [1.82, 2.24) is 0 Å². The van der Waals surface area contributed by atoms with Gasteiger partial charge in [0, 0.05) is 0 Å². The van der Waals surface area contributed by atoms with Crippen molar-refractivity contribution in [1.29, 1.82) is 0 Å². The number of nitrogens with zero attached hydrogens (tertiary/aromatic N) is 1. The molecule has 172 valence electrons. The Kier molecular flexibility index (Phi) is 10.2. The fraction of sp³-hybridized carbons (Fsp3) is 0.571. The summed E-state index contributed by atoms with van der Waals surface area (Å²) in [5.74, 6) is 0. The fourth-order valence-electron chi connectivity index (χ4n) is 5.08. The third kappa shape index (κ3) is 7.55. The van der Waals surface area contributed by atoms with Crippen molar-refractivity contribution in [3.8, 4) is 0 Å². The summed E-state index contributed by atoms with van der Waals surface area (Å²) in [6.45, 7) is 28.6. The van der Waals surface area contributed by atoms with E-state index < -0.39 is 15.8 Å². The quantitative estimate of drug-likeness (QED) is 0.354. The maximum absolute atomic E-state index is 5.37. The van der Waals surface area contributed by atoms with Crippen LogP contribution in [0.4, 0.5) is 11.4 Å². The van der Waals surface area contributed by atoms with Gasteiger partial charge in [0.25, 0.3) is 0 Å². The average molecular weight is 480 g/mol. The van der Waals surface area contributed by atoms with Crippen molar-refractivity contribution >= 4 is 37.8 Å². The van der Waals surface area contributed by atoms with E-state index in [1.165, 1.54) is 10.6 Å². The largest absolute Gasteiger partial charge is 1.00 e.